The molecule has 3 aromatic carbocycles. The van der Waals surface area contributed by atoms with Crippen molar-refractivity contribution in [2.45, 2.75) is 31.6 Å². The summed E-state index contributed by atoms with van der Waals surface area (Å²) < 4.78 is 27.3. The van der Waals surface area contributed by atoms with Gasteiger partial charge in [-0.2, -0.15) is 0 Å². The summed E-state index contributed by atoms with van der Waals surface area (Å²) in [6, 6.07) is 19.5. The van der Waals surface area contributed by atoms with Crippen molar-refractivity contribution in [1.29, 1.82) is 0 Å². The van der Waals surface area contributed by atoms with Crippen LogP contribution >= 0.6 is 0 Å². The highest BCUT2D eigenvalue weighted by atomic mass is 32.2. The fraction of sp³-hybridized carbons (Fsp3) is 0.250. The van der Waals surface area contributed by atoms with Crippen LogP contribution in [0.1, 0.15) is 30.9 Å². The number of hydrogen-bond donors (Lipinski definition) is 1. The van der Waals surface area contributed by atoms with Gasteiger partial charge in [0, 0.05) is 17.2 Å². The van der Waals surface area contributed by atoms with Crippen molar-refractivity contribution in [3.63, 3.8) is 0 Å². The van der Waals surface area contributed by atoms with E-state index in [9.17, 15) is 4.21 Å². The summed E-state index contributed by atoms with van der Waals surface area (Å²) in [5.41, 5.74) is 4.87. The molecule has 0 bridgehead atoms. The molecule has 0 aromatic heterocycles. The summed E-state index contributed by atoms with van der Waals surface area (Å²) >= 11 is 0. The number of ether oxygens (including phenoxy) is 2. The van der Waals surface area contributed by atoms with Crippen LogP contribution in [0.5, 0.6) is 11.5 Å². The summed E-state index contributed by atoms with van der Waals surface area (Å²) in [4.78, 5) is 0.731. The highest BCUT2D eigenvalue weighted by molar-refractivity contribution is 7.86. The first-order chi connectivity index (χ1) is 13.9. The first-order valence-electron chi connectivity index (χ1n) is 9.55. The lowest BCUT2D eigenvalue weighted by Gasteiger charge is -2.19. The Hall–Kier alpha value is -2.79. The van der Waals surface area contributed by atoms with E-state index in [1.54, 1.807) is 14.2 Å². The van der Waals surface area contributed by atoms with Crippen molar-refractivity contribution in [3.8, 4) is 22.6 Å². The largest absolute Gasteiger partial charge is 0.496 e. The number of benzene rings is 3. The van der Waals surface area contributed by atoms with E-state index in [2.05, 4.69) is 24.6 Å². The van der Waals surface area contributed by atoms with Crippen LogP contribution in [0.3, 0.4) is 0 Å². The van der Waals surface area contributed by atoms with E-state index in [-0.39, 0.29) is 5.92 Å². The van der Waals surface area contributed by atoms with E-state index in [1.165, 1.54) is 0 Å². The number of nitrogens with one attached hydrogen (secondary N) is 1. The molecule has 0 amide bonds. The number of hydrogen-bond acceptors (Lipinski definition) is 3. The zero-order chi connectivity index (χ0) is 21.0. The molecule has 0 fully saturated rings. The maximum absolute atomic E-state index is 12.9. The van der Waals surface area contributed by atoms with Gasteiger partial charge in [0.25, 0.3) is 0 Å². The molecule has 0 radical (unpaired) electrons. The van der Waals surface area contributed by atoms with Crippen molar-refractivity contribution in [2.24, 2.45) is 0 Å². The quantitative estimate of drug-likeness (QED) is 0.525. The molecule has 1 atom stereocenters. The van der Waals surface area contributed by atoms with Crippen LogP contribution < -0.4 is 14.2 Å². The van der Waals surface area contributed by atoms with E-state index in [0.717, 1.165) is 38.6 Å². The molecule has 1 N–H and O–H groups in total. The molecule has 0 saturated carbocycles. The van der Waals surface area contributed by atoms with Gasteiger partial charge in [0.05, 0.1) is 24.8 Å². The van der Waals surface area contributed by atoms with E-state index >= 15 is 0 Å². The molecule has 0 aliphatic rings. The minimum Gasteiger partial charge on any atom is -0.496 e. The summed E-state index contributed by atoms with van der Waals surface area (Å²) in [7, 11) is 1.94. The van der Waals surface area contributed by atoms with Gasteiger partial charge < -0.3 is 14.2 Å². The monoisotopic (exact) mass is 409 g/mol. The lowest BCUT2D eigenvalue weighted by Crippen LogP contribution is -2.06. The van der Waals surface area contributed by atoms with Crippen LogP contribution in [0.4, 0.5) is 5.69 Å². The van der Waals surface area contributed by atoms with Crippen LogP contribution in [0.2, 0.25) is 0 Å². The second-order valence-electron chi connectivity index (χ2n) is 7.18. The highest BCUT2D eigenvalue weighted by Crippen LogP contribution is 2.41. The Kier molecular flexibility index (Phi) is 6.60. The summed E-state index contributed by atoms with van der Waals surface area (Å²) in [5, 5.41) is 0. The molecule has 4 nitrogen and oxygen atoms in total. The Morgan fingerprint density at radius 2 is 1.52 bits per heavy atom. The van der Waals surface area contributed by atoms with Gasteiger partial charge >= 0.3 is 0 Å². The van der Waals surface area contributed by atoms with Crippen molar-refractivity contribution < 1.29 is 13.7 Å². The number of aryl methyl sites for hydroxylation is 1. The van der Waals surface area contributed by atoms with Gasteiger partial charge in [0.1, 0.15) is 22.5 Å². The SMILES string of the molecule is COc1cc(OC)c(C(C)C)cc1-c1ccccc1NS(=O)c1ccc(C)cc1. The summed E-state index contributed by atoms with van der Waals surface area (Å²) in [6.07, 6.45) is 0. The Balaban J connectivity index is 2.05. The maximum atomic E-state index is 12.9. The molecule has 29 heavy (non-hydrogen) atoms. The molecule has 0 saturated heterocycles. The fourth-order valence-corrected chi connectivity index (χ4v) is 4.09. The zero-order valence-corrected chi connectivity index (χ0v) is 18.3. The summed E-state index contributed by atoms with van der Waals surface area (Å²) in [5.74, 6) is 1.80. The van der Waals surface area contributed by atoms with Gasteiger partial charge in [-0.05, 0) is 42.7 Å². The minimum atomic E-state index is -1.37. The van der Waals surface area contributed by atoms with E-state index in [4.69, 9.17) is 9.47 Å². The van der Waals surface area contributed by atoms with Crippen molar-refractivity contribution in [1.82, 2.24) is 0 Å². The van der Waals surface area contributed by atoms with Crippen LogP contribution in [0.15, 0.2) is 65.6 Å². The molecule has 3 aromatic rings. The summed E-state index contributed by atoms with van der Waals surface area (Å²) in [6.45, 7) is 6.27. The second-order valence-corrected chi connectivity index (χ2v) is 8.39. The lowest BCUT2D eigenvalue weighted by molar-refractivity contribution is 0.390. The van der Waals surface area contributed by atoms with Crippen molar-refractivity contribution >= 4 is 16.7 Å². The first kappa shape index (κ1) is 20.9. The molecule has 3 rings (SSSR count). The molecular weight excluding hydrogens is 382 g/mol. The molecular formula is C24H27NO3S. The topological polar surface area (TPSA) is 47.6 Å². The number of rotatable bonds is 7. The third-order valence-electron chi connectivity index (χ3n) is 4.83. The first-order valence-corrected chi connectivity index (χ1v) is 10.7. The van der Waals surface area contributed by atoms with E-state index in [0.29, 0.717) is 5.75 Å². The van der Waals surface area contributed by atoms with Crippen molar-refractivity contribution in [3.05, 3.63) is 71.8 Å². The van der Waals surface area contributed by atoms with Gasteiger partial charge in [0.2, 0.25) is 0 Å². The van der Waals surface area contributed by atoms with Gasteiger partial charge in [-0.1, -0.05) is 49.7 Å². The predicted molar refractivity (Wildman–Crippen MR) is 120 cm³/mol. The molecule has 0 heterocycles. The third-order valence-corrected chi connectivity index (χ3v) is 5.93. The number of para-hydroxylation sites is 1. The number of anilines is 1. The standard InChI is InChI=1S/C24H27NO3S/c1-16(2)20-14-21(24(28-5)15-23(20)27-4)19-8-6-7-9-22(19)25-29(26)18-12-10-17(3)11-13-18/h6-16,25H,1-5H3. The molecule has 0 spiro atoms. The Bertz CT molecular complexity index is 1010. The third kappa shape index (κ3) is 4.62. The molecule has 152 valence electrons. The normalized spacial score (nSPS) is 11.9. The zero-order valence-electron chi connectivity index (χ0n) is 17.5. The molecule has 0 aliphatic carbocycles. The molecule has 5 heteroatoms. The Morgan fingerprint density at radius 1 is 0.862 bits per heavy atom. The average molecular weight is 410 g/mol. The average Bonchev–Trinajstić information content (AvgIpc) is 2.73. The molecule has 1 unspecified atom stereocenters. The number of methoxy groups -OCH3 is 2. The molecule has 0 aliphatic heterocycles. The highest BCUT2D eigenvalue weighted by Gasteiger charge is 2.18. The van der Waals surface area contributed by atoms with Gasteiger partial charge in [-0.15, -0.1) is 0 Å². The lowest BCUT2D eigenvalue weighted by atomic mass is 9.94. The van der Waals surface area contributed by atoms with Gasteiger partial charge in [-0.25, -0.2) is 4.21 Å². The van der Waals surface area contributed by atoms with E-state index < -0.39 is 11.0 Å². The maximum Gasteiger partial charge on any atom is 0.150 e. The van der Waals surface area contributed by atoms with Gasteiger partial charge in [-0.3, -0.25) is 0 Å². The second kappa shape index (κ2) is 9.14. The van der Waals surface area contributed by atoms with Crippen LogP contribution in [0, 0.1) is 6.92 Å². The van der Waals surface area contributed by atoms with Gasteiger partial charge in [0.15, 0.2) is 0 Å². The van der Waals surface area contributed by atoms with Crippen molar-refractivity contribution in [2.75, 3.05) is 18.9 Å². The van der Waals surface area contributed by atoms with E-state index in [1.807, 2.05) is 61.5 Å². The van der Waals surface area contributed by atoms with Crippen LogP contribution in [-0.2, 0) is 11.0 Å². The predicted octanol–water partition coefficient (Wildman–Crippen LogP) is 5.94. The van der Waals surface area contributed by atoms with Crippen LogP contribution in [-0.4, -0.2) is 18.4 Å². The minimum absolute atomic E-state index is 0.288. The fourth-order valence-electron chi connectivity index (χ4n) is 3.21. The Morgan fingerprint density at radius 3 is 2.14 bits per heavy atom. The Labute approximate surface area is 175 Å². The smallest absolute Gasteiger partial charge is 0.150 e. The van der Waals surface area contributed by atoms with Crippen LogP contribution in [0.25, 0.3) is 11.1 Å².